The van der Waals surface area contributed by atoms with Crippen LogP contribution in [0.15, 0.2) is 30.6 Å². The Morgan fingerprint density at radius 1 is 1.18 bits per heavy atom. The number of nitrogens with zero attached hydrogens (tertiary/aromatic N) is 4. The number of rotatable bonds is 5. The summed E-state index contributed by atoms with van der Waals surface area (Å²) in [7, 11) is 0. The smallest absolute Gasteiger partial charge is 0.224 e. The molecule has 0 spiro atoms. The fourth-order valence-electron chi connectivity index (χ4n) is 3.24. The molecular weight excluding hydrogens is 364 g/mol. The van der Waals surface area contributed by atoms with Gasteiger partial charge in [-0.1, -0.05) is 29.8 Å². The summed E-state index contributed by atoms with van der Waals surface area (Å²) in [6.07, 6.45) is -2.86. The van der Waals surface area contributed by atoms with Crippen molar-refractivity contribution in [2.75, 3.05) is 17.7 Å². The fourth-order valence-corrected chi connectivity index (χ4v) is 3.24. The van der Waals surface area contributed by atoms with Gasteiger partial charge in [-0.2, -0.15) is 9.97 Å². The van der Waals surface area contributed by atoms with Crippen molar-refractivity contribution in [1.29, 1.82) is 0 Å². The standard InChI is InChI=1S/C18H22N6O4/c1-9-2-4-10(5-3-9)6-20-15-12-16(23-18(19)22-15)24(8-21-12)17-14(27)13(26)11(7-25)28-17/h2-5,8,11,13-14,17,25-27H,6-7H2,1H3,(H3,19,20,22,23)/t11-,13-,14-,17-/m1/s1. The van der Waals surface area contributed by atoms with Crippen LogP contribution in [-0.4, -0.2) is 59.8 Å². The molecule has 0 radical (unpaired) electrons. The summed E-state index contributed by atoms with van der Waals surface area (Å²) in [5.74, 6) is 0.487. The third-order valence-electron chi connectivity index (χ3n) is 4.81. The van der Waals surface area contributed by atoms with Crippen LogP contribution >= 0.6 is 0 Å². The van der Waals surface area contributed by atoms with Gasteiger partial charge in [0.15, 0.2) is 23.2 Å². The first-order chi connectivity index (χ1) is 13.5. The molecule has 28 heavy (non-hydrogen) atoms. The van der Waals surface area contributed by atoms with E-state index >= 15 is 0 Å². The van der Waals surface area contributed by atoms with Crippen LogP contribution in [0, 0.1) is 6.92 Å². The van der Waals surface area contributed by atoms with E-state index in [2.05, 4.69) is 20.3 Å². The van der Waals surface area contributed by atoms with E-state index in [-0.39, 0.29) is 5.95 Å². The maximum Gasteiger partial charge on any atom is 0.224 e. The lowest BCUT2D eigenvalue weighted by Gasteiger charge is -2.16. The lowest BCUT2D eigenvalue weighted by Crippen LogP contribution is -2.33. The van der Waals surface area contributed by atoms with Crippen molar-refractivity contribution < 1.29 is 20.1 Å². The van der Waals surface area contributed by atoms with Crippen molar-refractivity contribution in [3.05, 3.63) is 41.7 Å². The molecule has 0 aliphatic carbocycles. The van der Waals surface area contributed by atoms with Crippen LogP contribution in [0.1, 0.15) is 17.4 Å². The highest BCUT2D eigenvalue weighted by molar-refractivity contribution is 5.84. The van der Waals surface area contributed by atoms with Crippen molar-refractivity contribution in [2.45, 2.75) is 38.0 Å². The van der Waals surface area contributed by atoms with Crippen LogP contribution in [0.25, 0.3) is 11.2 Å². The molecule has 3 heterocycles. The minimum atomic E-state index is -1.24. The molecule has 3 aromatic rings. The van der Waals surface area contributed by atoms with E-state index in [0.717, 1.165) is 5.56 Å². The van der Waals surface area contributed by atoms with Gasteiger partial charge in [-0.3, -0.25) is 4.57 Å². The first kappa shape index (κ1) is 18.6. The van der Waals surface area contributed by atoms with Gasteiger partial charge in [0.1, 0.15) is 18.3 Å². The molecule has 10 nitrogen and oxygen atoms in total. The van der Waals surface area contributed by atoms with Gasteiger partial charge in [0.2, 0.25) is 5.95 Å². The van der Waals surface area contributed by atoms with E-state index in [4.69, 9.17) is 10.5 Å². The van der Waals surface area contributed by atoms with Crippen LogP contribution in [0.3, 0.4) is 0 Å². The third-order valence-corrected chi connectivity index (χ3v) is 4.81. The number of fused-ring (bicyclic) bond motifs is 1. The van der Waals surface area contributed by atoms with Gasteiger partial charge in [0.05, 0.1) is 12.9 Å². The summed E-state index contributed by atoms with van der Waals surface area (Å²) in [5.41, 5.74) is 8.92. The Morgan fingerprint density at radius 2 is 1.93 bits per heavy atom. The van der Waals surface area contributed by atoms with Gasteiger partial charge in [0.25, 0.3) is 0 Å². The predicted octanol–water partition coefficient (Wildman–Crippen LogP) is -0.0595. The van der Waals surface area contributed by atoms with Crippen molar-refractivity contribution >= 4 is 22.9 Å². The highest BCUT2D eigenvalue weighted by Crippen LogP contribution is 2.32. The number of aliphatic hydroxyl groups excluding tert-OH is 3. The molecule has 1 aliphatic rings. The molecule has 6 N–H and O–H groups in total. The molecule has 148 valence electrons. The van der Waals surface area contributed by atoms with Crippen molar-refractivity contribution in [1.82, 2.24) is 19.5 Å². The quantitative estimate of drug-likeness (QED) is 0.406. The molecule has 0 amide bonds. The van der Waals surface area contributed by atoms with Crippen molar-refractivity contribution in [3.8, 4) is 0 Å². The van der Waals surface area contributed by atoms with Crippen LogP contribution in [-0.2, 0) is 11.3 Å². The van der Waals surface area contributed by atoms with E-state index in [9.17, 15) is 15.3 Å². The van der Waals surface area contributed by atoms with Crippen LogP contribution in [0.2, 0.25) is 0 Å². The lowest BCUT2D eigenvalue weighted by molar-refractivity contribution is -0.0511. The summed E-state index contributed by atoms with van der Waals surface area (Å²) < 4.78 is 7.04. The van der Waals surface area contributed by atoms with E-state index in [0.29, 0.717) is 23.5 Å². The minimum Gasteiger partial charge on any atom is -0.394 e. The maximum atomic E-state index is 10.3. The molecule has 10 heteroatoms. The number of hydrogen-bond acceptors (Lipinski definition) is 9. The highest BCUT2D eigenvalue weighted by atomic mass is 16.6. The SMILES string of the molecule is Cc1ccc(CNc2nc(N)nc3c2ncn3[C@@H]2O[C@H](CO)[C@@H](O)[C@H]2O)cc1. The van der Waals surface area contributed by atoms with Gasteiger partial charge in [-0.15, -0.1) is 0 Å². The zero-order chi connectivity index (χ0) is 19.8. The topological polar surface area (TPSA) is 152 Å². The average Bonchev–Trinajstić information content (AvgIpc) is 3.22. The molecule has 0 bridgehead atoms. The maximum absolute atomic E-state index is 10.3. The lowest BCUT2D eigenvalue weighted by atomic mass is 10.1. The highest BCUT2D eigenvalue weighted by Gasteiger charge is 2.44. The number of nitrogens with two attached hydrogens (primary N) is 1. The molecule has 0 saturated carbocycles. The predicted molar refractivity (Wildman–Crippen MR) is 101 cm³/mol. The van der Waals surface area contributed by atoms with Crippen molar-refractivity contribution in [3.63, 3.8) is 0 Å². The second kappa shape index (κ2) is 7.32. The molecular formula is C18H22N6O4. The zero-order valence-corrected chi connectivity index (χ0v) is 15.2. The molecule has 1 aliphatic heterocycles. The van der Waals surface area contributed by atoms with E-state index in [1.54, 1.807) is 0 Å². The monoisotopic (exact) mass is 386 g/mol. The number of aryl methyl sites for hydroxylation is 1. The molecule has 4 rings (SSSR count). The van der Waals surface area contributed by atoms with E-state index in [1.807, 2.05) is 31.2 Å². The number of imidazole rings is 1. The third kappa shape index (κ3) is 3.27. The van der Waals surface area contributed by atoms with Gasteiger partial charge in [0, 0.05) is 6.54 Å². The summed E-state index contributed by atoms with van der Waals surface area (Å²) in [5, 5.41) is 32.8. The van der Waals surface area contributed by atoms with Crippen LogP contribution in [0.5, 0.6) is 0 Å². The molecule has 1 aromatic carbocycles. The Balaban J connectivity index is 1.64. The number of benzene rings is 1. The Morgan fingerprint density at radius 3 is 2.61 bits per heavy atom. The number of aliphatic hydroxyl groups is 3. The fraction of sp³-hybridized carbons (Fsp3) is 0.389. The van der Waals surface area contributed by atoms with E-state index < -0.39 is 31.1 Å². The number of ether oxygens (including phenoxy) is 1. The van der Waals surface area contributed by atoms with Crippen LogP contribution in [0.4, 0.5) is 11.8 Å². The summed E-state index contributed by atoms with van der Waals surface area (Å²) in [4.78, 5) is 12.8. The van der Waals surface area contributed by atoms with Crippen LogP contribution < -0.4 is 11.1 Å². The zero-order valence-electron chi connectivity index (χ0n) is 15.2. The first-order valence-electron chi connectivity index (χ1n) is 8.90. The van der Waals surface area contributed by atoms with Gasteiger partial charge < -0.3 is 31.1 Å². The second-order valence-electron chi connectivity index (χ2n) is 6.82. The first-order valence-corrected chi connectivity index (χ1v) is 8.90. The number of nitrogens with one attached hydrogen (secondary N) is 1. The Bertz CT molecular complexity index is 976. The number of aromatic nitrogens is 4. The molecule has 1 saturated heterocycles. The molecule has 0 unspecified atom stereocenters. The molecule has 1 fully saturated rings. The summed E-state index contributed by atoms with van der Waals surface area (Å²) >= 11 is 0. The van der Waals surface area contributed by atoms with Crippen molar-refractivity contribution in [2.24, 2.45) is 0 Å². The Hall–Kier alpha value is -2.79. The molecule has 4 atom stereocenters. The van der Waals surface area contributed by atoms with Gasteiger partial charge in [-0.05, 0) is 12.5 Å². The Labute approximate surface area is 160 Å². The molecule has 2 aromatic heterocycles. The second-order valence-corrected chi connectivity index (χ2v) is 6.82. The largest absolute Gasteiger partial charge is 0.394 e. The van der Waals surface area contributed by atoms with Gasteiger partial charge >= 0.3 is 0 Å². The number of nitrogen functional groups attached to an aromatic ring is 1. The Kier molecular flexibility index (Phi) is 4.85. The number of anilines is 2. The van der Waals surface area contributed by atoms with E-state index in [1.165, 1.54) is 16.5 Å². The summed E-state index contributed by atoms with van der Waals surface area (Å²) in [6, 6.07) is 8.08. The average molecular weight is 386 g/mol. The summed E-state index contributed by atoms with van der Waals surface area (Å²) in [6.45, 7) is 2.13. The normalized spacial score (nSPS) is 24.7. The number of hydrogen-bond donors (Lipinski definition) is 5. The minimum absolute atomic E-state index is 0.0346. The van der Waals surface area contributed by atoms with Gasteiger partial charge in [-0.25, -0.2) is 4.98 Å².